The molecule has 0 aliphatic heterocycles. The van der Waals surface area contributed by atoms with Crippen molar-refractivity contribution in [2.75, 3.05) is 0 Å². The topological polar surface area (TPSA) is 0 Å². The highest BCUT2D eigenvalue weighted by atomic mass is 35.5. The van der Waals surface area contributed by atoms with Crippen molar-refractivity contribution in [1.82, 2.24) is 0 Å². The molecule has 2 aromatic rings. The van der Waals surface area contributed by atoms with Crippen molar-refractivity contribution >= 4 is 23.2 Å². The monoisotopic (exact) mass is 248 g/mol. The molecule has 0 unspecified atom stereocenters. The minimum atomic E-state index is -0.911. The van der Waals surface area contributed by atoms with Crippen molar-refractivity contribution in [3.8, 4) is 0 Å². The van der Waals surface area contributed by atoms with E-state index in [4.69, 9.17) is 23.2 Å². The standard InChI is InChI=1S/C14H10Cl2/c15-14(16)12-7-3-1-5-10(12)9-11-6-2-4-8-13(11)14/h1-8H,9H2. The van der Waals surface area contributed by atoms with Crippen molar-refractivity contribution < 1.29 is 0 Å². The molecule has 0 spiro atoms. The SMILES string of the molecule is ClC1(Cl)c2ccccc2Cc2ccccc21. The zero-order valence-electron chi connectivity index (χ0n) is 8.58. The Labute approximate surface area is 105 Å². The maximum absolute atomic E-state index is 6.50. The summed E-state index contributed by atoms with van der Waals surface area (Å²) in [4.78, 5) is 0. The average Bonchev–Trinajstić information content (AvgIpc) is 2.29. The molecule has 1 aliphatic carbocycles. The molecule has 16 heavy (non-hydrogen) atoms. The second kappa shape index (κ2) is 3.51. The molecule has 0 saturated heterocycles. The number of hydrogen-bond donors (Lipinski definition) is 0. The fourth-order valence-electron chi connectivity index (χ4n) is 2.31. The van der Waals surface area contributed by atoms with Gasteiger partial charge in [-0.1, -0.05) is 71.7 Å². The van der Waals surface area contributed by atoms with Crippen LogP contribution >= 0.6 is 23.2 Å². The van der Waals surface area contributed by atoms with Crippen molar-refractivity contribution in [2.24, 2.45) is 0 Å². The smallest absolute Gasteiger partial charge is 0.0909 e. The van der Waals surface area contributed by atoms with E-state index in [9.17, 15) is 0 Å². The molecule has 0 heterocycles. The Kier molecular flexibility index (Phi) is 2.24. The van der Waals surface area contributed by atoms with Gasteiger partial charge in [-0.15, -0.1) is 0 Å². The highest BCUT2D eigenvalue weighted by Gasteiger charge is 2.36. The minimum Gasteiger partial charge on any atom is -0.0909 e. The van der Waals surface area contributed by atoms with Crippen LogP contribution in [0.2, 0.25) is 0 Å². The molecule has 3 rings (SSSR count). The Balaban J connectivity index is 2.28. The van der Waals surface area contributed by atoms with Crippen LogP contribution in [-0.4, -0.2) is 0 Å². The second-order valence-electron chi connectivity index (χ2n) is 4.07. The van der Waals surface area contributed by atoms with Crippen LogP contribution in [0.4, 0.5) is 0 Å². The van der Waals surface area contributed by atoms with Crippen LogP contribution in [-0.2, 0) is 10.8 Å². The van der Waals surface area contributed by atoms with Gasteiger partial charge in [0.05, 0.1) is 0 Å². The summed E-state index contributed by atoms with van der Waals surface area (Å²) in [6, 6.07) is 16.2. The summed E-state index contributed by atoms with van der Waals surface area (Å²) in [5, 5.41) is 0. The van der Waals surface area contributed by atoms with Crippen LogP contribution < -0.4 is 0 Å². The van der Waals surface area contributed by atoms with Gasteiger partial charge in [0.15, 0.2) is 4.33 Å². The first kappa shape index (κ1) is 10.2. The van der Waals surface area contributed by atoms with E-state index in [2.05, 4.69) is 12.1 Å². The third kappa shape index (κ3) is 1.37. The summed E-state index contributed by atoms with van der Waals surface area (Å²) < 4.78 is -0.911. The molecule has 0 saturated carbocycles. The van der Waals surface area contributed by atoms with Gasteiger partial charge in [0, 0.05) is 0 Å². The van der Waals surface area contributed by atoms with Crippen LogP contribution in [0, 0.1) is 0 Å². The normalized spacial score (nSPS) is 16.4. The molecule has 80 valence electrons. The fourth-order valence-corrected chi connectivity index (χ4v) is 3.05. The highest BCUT2D eigenvalue weighted by Crippen LogP contribution is 2.47. The van der Waals surface area contributed by atoms with Crippen molar-refractivity contribution in [3.05, 3.63) is 70.8 Å². The quantitative estimate of drug-likeness (QED) is 0.611. The number of hydrogen-bond acceptors (Lipinski definition) is 0. The maximum atomic E-state index is 6.50. The molecule has 2 heteroatoms. The van der Waals surface area contributed by atoms with Gasteiger partial charge in [-0.05, 0) is 28.7 Å². The van der Waals surface area contributed by atoms with E-state index in [0.717, 1.165) is 17.5 Å². The Morgan fingerprint density at radius 2 is 1.19 bits per heavy atom. The lowest BCUT2D eigenvalue weighted by Crippen LogP contribution is -2.21. The Morgan fingerprint density at radius 1 is 0.750 bits per heavy atom. The van der Waals surface area contributed by atoms with E-state index >= 15 is 0 Å². The Morgan fingerprint density at radius 3 is 1.69 bits per heavy atom. The van der Waals surface area contributed by atoms with Crippen molar-refractivity contribution in [3.63, 3.8) is 0 Å². The molecule has 0 atom stereocenters. The molecule has 0 nitrogen and oxygen atoms in total. The molecular formula is C14H10Cl2. The number of benzene rings is 2. The van der Waals surface area contributed by atoms with E-state index in [1.54, 1.807) is 0 Å². The van der Waals surface area contributed by atoms with Gasteiger partial charge in [-0.2, -0.15) is 0 Å². The van der Waals surface area contributed by atoms with E-state index in [1.165, 1.54) is 11.1 Å². The summed E-state index contributed by atoms with van der Waals surface area (Å²) >= 11 is 13.0. The Bertz CT molecular complexity index is 496. The van der Waals surface area contributed by atoms with E-state index in [-0.39, 0.29) is 0 Å². The molecule has 0 fully saturated rings. The maximum Gasteiger partial charge on any atom is 0.168 e. The summed E-state index contributed by atoms with van der Waals surface area (Å²) in [5.74, 6) is 0. The van der Waals surface area contributed by atoms with Gasteiger partial charge in [0.1, 0.15) is 0 Å². The number of alkyl halides is 2. The van der Waals surface area contributed by atoms with E-state index in [1.807, 2.05) is 36.4 Å². The molecule has 2 aromatic carbocycles. The largest absolute Gasteiger partial charge is 0.168 e. The molecule has 0 bridgehead atoms. The van der Waals surface area contributed by atoms with Crippen molar-refractivity contribution in [1.29, 1.82) is 0 Å². The summed E-state index contributed by atoms with van der Waals surface area (Å²) in [7, 11) is 0. The van der Waals surface area contributed by atoms with Crippen LogP contribution in [0.15, 0.2) is 48.5 Å². The predicted molar refractivity (Wildman–Crippen MR) is 68.2 cm³/mol. The average molecular weight is 249 g/mol. The highest BCUT2D eigenvalue weighted by molar-refractivity contribution is 6.50. The van der Waals surface area contributed by atoms with Crippen molar-refractivity contribution in [2.45, 2.75) is 10.8 Å². The summed E-state index contributed by atoms with van der Waals surface area (Å²) in [6.45, 7) is 0. The first-order valence-electron chi connectivity index (χ1n) is 5.24. The predicted octanol–water partition coefficient (Wildman–Crippen LogP) is 4.27. The molecular weight excluding hydrogens is 239 g/mol. The molecule has 0 N–H and O–H groups in total. The number of rotatable bonds is 0. The van der Waals surface area contributed by atoms with Gasteiger partial charge < -0.3 is 0 Å². The van der Waals surface area contributed by atoms with Crippen LogP contribution in [0.1, 0.15) is 22.3 Å². The molecule has 0 amide bonds. The summed E-state index contributed by atoms with van der Waals surface area (Å²) in [6.07, 6.45) is 0.910. The molecule has 1 aliphatic rings. The van der Waals surface area contributed by atoms with Crippen LogP contribution in [0.5, 0.6) is 0 Å². The van der Waals surface area contributed by atoms with Crippen LogP contribution in [0.25, 0.3) is 0 Å². The summed E-state index contributed by atoms with van der Waals surface area (Å²) in [5.41, 5.74) is 4.45. The van der Waals surface area contributed by atoms with Crippen LogP contribution in [0.3, 0.4) is 0 Å². The Hall–Kier alpha value is -0.980. The van der Waals surface area contributed by atoms with Gasteiger partial charge in [-0.25, -0.2) is 0 Å². The van der Waals surface area contributed by atoms with E-state index < -0.39 is 4.33 Å². The number of fused-ring (bicyclic) bond motifs is 2. The zero-order chi connectivity index (χ0) is 11.2. The zero-order valence-corrected chi connectivity index (χ0v) is 10.1. The third-order valence-electron chi connectivity index (χ3n) is 3.09. The lowest BCUT2D eigenvalue weighted by Gasteiger charge is -2.30. The molecule has 0 radical (unpaired) electrons. The number of halogens is 2. The second-order valence-corrected chi connectivity index (χ2v) is 5.39. The third-order valence-corrected chi connectivity index (χ3v) is 3.91. The minimum absolute atomic E-state index is 0.910. The van der Waals surface area contributed by atoms with Gasteiger partial charge >= 0.3 is 0 Å². The lowest BCUT2D eigenvalue weighted by molar-refractivity contribution is 0.917. The molecule has 0 aromatic heterocycles. The van der Waals surface area contributed by atoms with Gasteiger partial charge in [0.2, 0.25) is 0 Å². The first-order chi connectivity index (χ1) is 7.69. The van der Waals surface area contributed by atoms with E-state index in [0.29, 0.717) is 0 Å². The fraction of sp³-hybridized carbons (Fsp3) is 0.143. The lowest BCUT2D eigenvalue weighted by atomic mass is 9.85. The van der Waals surface area contributed by atoms with Gasteiger partial charge in [0.25, 0.3) is 0 Å². The first-order valence-corrected chi connectivity index (χ1v) is 6.00. The van der Waals surface area contributed by atoms with Gasteiger partial charge in [-0.3, -0.25) is 0 Å².